The SMILES string of the molecule is CC(C)(Br)C(=O)Nc1nc(-c2ccc(Cl)cc2)cs1. The zero-order valence-electron chi connectivity index (χ0n) is 10.4. The molecule has 0 bridgehead atoms. The van der Waals surface area contributed by atoms with Crippen molar-refractivity contribution in [1.29, 1.82) is 0 Å². The number of carbonyl (C=O) groups is 1. The van der Waals surface area contributed by atoms with Crippen molar-refractivity contribution < 1.29 is 4.79 Å². The molecule has 0 aliphatic rings. The number of aromatic nitrogens is 1. The maximum atomic E-state index is 11.8. The van der Waals surface area contributed by atoms with Gasteiger partial charge in [0.1, 0.15) is 0 Å². The van der Waals surface area contributed by atoms with Gasteiger partial charge in [-0.3, -0.25) is 4.79 Å². The minimum absolute atomic E-state index is 0.121. The number of anilines is 1. The van der Waals surface area contributed by atoms with Crippen LogP contribution in [0.2, 0.25) is 5.02 Å². The van der Waals surface area contributed by atoms with E-state index in [-0.39, 0.29) is 5.91 Å². The summed E-state index contributed by atoms with van der Waals surface area (Å²) in [6.45, 7) is 3.58. The van der Waals surface area contributed by atoms with Gasteiger partial charge < -0.3 is 5.32 Å². The molecule has 100 valence electrons. The predicted octanol–water partition coefficient (Wildman–Crippen LogP) is 4.58. The van der Waals surface area contributed by atoms with E-state index < -0.39 is 4.32 Å². The molecule has 2 aromatic rings. The Morgan fingerprint density at radius 2 is 2.00 bits per heavy atom. The van der Waals surface area contributed by atoms with Gasteiger partial charge in [0.05, 0.1) is 10.0 Å². The zero-order chi connectivity index (χ0) is 14.0. The molecule has 6 heteroatoms. The Kier molecular flexibility index (Phi) is 4.28. The van der Waals surface area contributed by atoms with Crippen molar-refractivity contribution in [2.45, 2.75) is 18.2 Å². The Balaban J connectivity index is 2.16. The van der Waals surface area contributed by atoms with Crippen molar-refractivity contribution in [2.24, 2.45) is 0 Å². The smallest absolute Gasteiger partial charge is 0.242 e. The number of hydrogen-bond acceptors (Lipinski definition) is 3. The average Bonchev–Trinajstić information content (AvgIpc) is 2.77. The molecule has 3 nitrogen and oxygen atoms in total. The monoisotopic (exact) mass is 358 g/mol. The third-order valence-electron chi connectivity index (χ3n) is 2.40. The summed E-state index contributed by atoms with van der Waals surface area (Å²) in [5, 5.41) is 5.96. The summed E-state index contributed by atoms with van der Waals surface area (Å²) in [6, 6.07) is 7.43. The number of halogens is 2. The van der Waals surface area contributed by atoms with E-state index in [0.29, 0.717) is 10.2 Å². The van der Waals surface area contributed by atoms with E-state index in [9.17, 15) is 4.79 Å². The zero-order valence-corrected chi connectivity index (χ0v) is 13.6. The fourth-order valence-corrected chi connectivity index (χ4v) is 2.27. The van der Waals surface area contributed by atoms with E-state index in [2.05, 4.69) is 26.2 Å². The van der Waals surface area contributed by atoms with Crippen LogP contribution in [0.15, 0.2) is 29.6 Å². The molecule has 0 radical (unpaired) electrons. The van der Waals surface area contributed by atoms with Gasteiger partial charge in [-0.2, -0.15) is 0 Å². The summed E-state index contributed by atoms with van der Waals surface area (Å²) >= 11 is 10.6. The number of nitrogens with zero attached hydrogens (tertiary/aromatic N) is 1. The molecule has 0 saturated heterocycles. The first-order chi connectivity index (χ1) is 8.86. The normalized spacial score (nSPS) is 11.4. The quantitative estimate of drug-likeness (QED) is 0.815. The number of thiazole rings is 1. The van der Waals surface area contributed by atoms with Crippen molar-refractivity contribution in [3.05, 3.63) is 34.7 Å². The molecule has 0 atom stereocenters. The van der Waals surface area contributed by atoms with Crippen molar-refractivity contribution >= 4 is 49.9 Å². The molecule has 1 N–H and O–H groups in total. The molecule has 0 fully saturated rings. The summed E-state index contributed by atoms with van der Waals surface area (Å²) in [7, 11) is 0. The summed E-state index contributed by atoms with van der Waals surface area (Å²) in [5.74, 6) is -0.121. The van der Waals surface area contributed by atoms with Crippen molar-refractivity contribution in [3.63, 3.8) is 0 Å². The lowest BCUT2D eigenvalue weighted by Gasteiger charge is -2.13. The summed E-state index contributed by atoms with van der Waals surface area (Å²) in [5.41, 5.74) is 1.79. The molecule has 1 amide bonds. The van der Waals surface area contributed by atoms with Crippen LogP contribution in [0.5, 0.6) is 0 Å². The van der Waals surface area contributed by atoms with Gasteiger partial charge in [-0.15, -0.1) is 11.3 Å². The van der Waals surface area contributed by atoms with Gasteiger partial charge in [0.15, 0.2) is 5.13 Å². The Bertz CT molecular complexity index is 589. The van der Waals surface area contributed by atoms with Crippen LogP contribution in [0.4, 0.5) is 5.13 Å². The van der Waals surface area contributed by atoms with Gasteiger partial charge in [0, 0.05) is 16.0 Å². The van der Waals surface area contributed by atoms with Crippen LogP contribution in [0.25, 0.3) is 11.3 Å². The molecule has 0 saturated carbocycles. The number of nitrogens with one attached hydrogen (secondary N) is 1. The van der Waals surface area contributed by atoms with Gasteiger partial charge >= 0.3 is 0 Å². The van der Waals surface area contributed by atoms with Gasteiger partial charge in [0.25, 0.3) is 0 Å². The molecule has 1 aromatic heterocycles. The Labute approximate surface area is 129 Å². The molecular weight excluding hydrogens is 348 g/mol. The largest absolute Gasteiger partial charge is 0.301 e. The van der Waals surface area contributed by atoms with Crippen LogP contribution in [-0.4, -0.2) is 15.2 Å². The third kappa shape index (κ3) is 3.78. The lowest BCUT2D eigenvalue weighted by Crippen LogP contribution is -2.30. The first-order valence-corrected chi connectivity index (χ1v) is 7.63. The number of benzene rings is 1. The van der Waals surface area contributed by atoms with E-state index in [0.717, 1.165) is 11.3 Å². The number of hydrogen-bond donors (Lipinski definition) is 1. The van der Waals surface area contributed by atoms with Gasteiger partial charge in [-0.05, 0) is 26.0 Å². The maximum absolute atomic E-state index is 11.8. The molecule has 0 spiro atoms. The molecule has 19 heavy (non-hydrogen) atoms. The minimum atomic E-state index is -0.612. The number of carbonyl (C=O) groups excluding carboxylic acids is 1. The number of rotatable bonds is 3. The highest BCUT2D eigenvalue weighted by Gasteiger charge is 2.24. The van der Waals surface area contributed by atoms with E-state index in [1.807, 2.05) is 29.6 Å². The van der Waals surface area contributed by atoms with Crippen LogP contribution < -0.4 is 5.32 Å². The van der Waals surface area contributed by atoms with Gasteiger partial charge in [-0.1, -0.05) is 39.7 Å². The molecular formula is C13H12BrClN2OS. The Morgan fingerprint density at radius 1 is 1.37 bits per heavy atom. The van der Waals surface area contributed by atoms with E-state index >= 15 is 0 Å². The second-order valence-electron chi connectivity index (χ2n) is 4.47. The fraction of sp³-hybridized carbons (Fsp3) is 0.231. The molecule has 1 heterocycles. The second-order valence-corrected chi connectivity index (χ2v) is 7.75. The highest BCUT2D eigenvalue weighted by atomic mass is 79.9. The Hall–Kier alpha value is -0.910. The number of alkyl halides is 1. The van der Waals surface area contributed by atoms with E-state index in [4.69, 9.17) is 11.6 Å². The van der Waals surface area contributed by atoms with Crippen LogP contribution >= 0.6 is 38.9 Å². The average molecular weight is 360 g/mol. The second kappa shape index (κ2) is 5.61. The van der Waals surface area contributed by atoms with Crippen molar-refractivity contribution in [2.75, 3.05) is 5.32 Å². The molecule has 0 aliphatic heterocycles. The third-order valence-corrected chi connectivity index (χ3v) is 3.77. The molecule has 2 rings (SSSR count). The van der Waals surface area contributed by atoms with Crippen LogP contribution in [-0.2, 0) is 4.79 Å². The van der Waals surface area contributed by atoms with Crippen molar-refractivity contribution in [3.8, 4) is 11.3 Å². The van der Waals surface area contributed by atoms with Gasteiger partial charge in [-0.25, -0.2) is 4.98 Å². The maximum Gasteiger partial charge on any atom is 0.242 e. The molecule has 0 aliphatic carbocycles. The predicted molar refractivity (Wildman–Crippen MR) is 84.2 cm³/mol. The minimum Gasteiger partial charge on any atom is -0.301 e. The standard InChI is InChI=1S/C13H12BrClN2OS/c1-13(2,14)11(18)17-12-16-10(7-19-12)8-3-5-9(15)6-4-8/h3-7H,1-2H3,(H,16,17,18). The van der Waals surface area contributed by atoms with Gasteiger partial charge in [0.2, 0.25) is 5.91 Å². The fourth-order valence-electron chi connectivity index (χ4n) is 1.33. The van der Waals surface area contributed by atoms with E-state index in [1.165, 1.54) is 11.3 Å². The lowest BCUT2D eigenvalue weighted by molar-refractivity contribution is -0.117. The topological polar surface area (TPSA) is 42.0 Å². The number of amides is 1. The summed E-state index contributed by atoms with van der Waals surface area (Å²) < 4.78 is -0.612. The van der Waals surface area contributed by atoms with Crippen LogP contribution in [0.1, 0.15) is 13.8 Å². The first kappa shape index (κ1) is 14.5. The first-order valence-electron chi connectivity index (χ1n) is 5.58. The van der Waals surface area contributed by atoms with Crippen LogP contribution in [0, 0.1) is 0 Å². The van der Waals surface area contributed by atoms with Crippen LogP contribution in [0.3, 0.4) is 0 Å². The summed E-state index contributed by atoms with van der Waals surface area (Å²) in [6.07, 6.45) is 0. The molecule has 0 unspecified atom stereocenters. The Morgan fingerprint density at radius 3 is 2.58 bits per heavy atom. The van der Waals surface area contributed by atoms with Crippen molar-refractivity contribution in [1.82, 2.24) is 4.98 Å². The molecule has 1 aromatic carbocycles. The van der Waals surface area contributed by atoms with E-state index in [1.54, 1.807) is 13.8 Å². The highest BCUT2D eigenvalue weighted by Crippen LogP contribution is 2.27. The highest BCUT2D eigenvalue weighted by molar-refractivity contribution is 9.10. The lowest BCUT2D eigenvalue weighted by atomic mass is 10.2. The summed E-state index contributed by atoms with van der Waals surface area (Å²) in [4.78, 5) is 16.2.